The molecule has 0 bridgehead atoms. The summed E-state index contributed by atoms with van der Waals surface area (Å²) in [5.41, 5.74) is 2.11. The molecular weight excluding hydrogens is 344 g/mol. The lowest BCUT2D eigenvalue weighted by molar-refractivity contribution is 0.0519. The van der Waals surface area contributed by atoms with Crippen molar-refractivity contribution in [2.75, 3.05) is 50.1 Å². The second-order valence-corrected chi connectivity index (χ2v) is 6.42. The normalized spacial score (nSPS) is 14.7. The molecule has 2 heterocycles. The highest BCUT2D eigenvalue weighted by molar-refractivity contribution is 6.03. The van der Waals surface area contributed by atoms with Gasteiger partial charge in [0.15, 0.2) is 0 Å². The van der Waals surface area contributed by atoms with Crippen molar-refractivity contribution >= 4 is 23.3 Å². The zero-order valence-corrected chi connectivity index (χ0v) is 15.6. The number of pyridine rings is 1. The molecule has 0 radical (unpaired) electrons. The van der Waals surface area contributed by atoms with E-state index in [0.717, 1.165) is 31.9 Å². The Hall–Kier alpha value is -2.93. The van der Waals surface area contributed by atoms with Crippen LogP contribution >= 0.6 is 0 Å². The highest BCUT2D eigenvalue weighted by Gasteiger charge is 2.15. The number of carbonyl (C=O) groups is 2. The molecule has 1 aromatic carbocycles. The molecule has 142 valence electrons. The number of hydrogen-bond donors (Lipinski definition) is 1. The summed E-state index contributed by atoms with van der Waals surface area (Å²) in [5, 5.41) is 2.81. The second kappa shape index (κ2) is 8.64. The minimum atomic E-state index is -0.538. The second-order valence-electron chi connectivity index (χ2n) is 6.42. The van der Waals surface area contributed by atoms with Crippen LogP contribution in [0.25, 0.3) is 0 Å². The first-order valence-electron chi connectivity index (χ1n) is 9.06. The minimum absolute atomic E-state index is 0.120. The van der Waals surface area contributed by atoms with Gasteiger partial charge in [0.1, 0.15) is 11.4 Å². The molecule has 0 unspecified atom stereocenters. The van der Waals surface area contributed by atoms with Crippen LogP contribution in [0.2, 0.25) is 0 Å². The number of benzene rings is 1. The summed E-state index contributed by atoms with van der Waals surface area (Å²) in [7, 11) is 2.13. The number of nitrogens with one attached hydrogen (secondary N) is 1. The molecule has 2 aromatic rings. The first-order chi connectivity index (χ1) is 13.1. The van der Waals surface area contributed by atoms with Crippen molar-refractivity contribution in [3.63, 3.8) is 0 Å². The molecule has 1 amide bonds. The molecule has 1 aliphatic rings. The van der Waals surface area contributed by atoms with Crippen LogP contribution in [0.3, 0.4) is 0 Å². The summed E-state index contributed by atoms with van der Waals surface area (Å²) in [6.07, 6.45) is 0. The van der Waals surface area contributed by atoms with Gasteiger partial charge in [-0.1, -0.05) is 6.07 Å². The first kappa shape index (κ1) is 18.8. The number of nitrogens with zero attached hydrogens (tertiary/aromatic N) is 3. The van der Waals surface area contributed by atoms with E-state index in [-0.39, 0.29) is 23.9 Å². The molecule has 0 saturated carbocycles. The van der Waals surface area contributed by atoms with Gasteiger partial charge in [0.25, 0.3) is 5.91 Å². The van der Waals surface area contributed by atoms with E-state index in [1.165, 1.54) is 6.07 Å². The third kappa shape index (κ3) is 4.83. The van der Waals surface area contributed by atoms with Crippen LogP contribution in [0.15, 0.2) is 42.5 Å². The molecule has 1 N–H and O–H groups in total. The Bertz CT molecular complexity index is 799. The lowest BCUT2D eigenvalue weighted by Gasteiger charge is -2.34. The van der Waals surface area contributed by atoms with E-state index in [4.69, 9.17) is 4.74 Å². The Morgan fingerprint density at radius 3 is 2.37 bits per heavy atom. The molecule has 1 saturated heterocycles. The smallest absolute Gasteiger partial charge is 0.356 e. The number of anilines is 2. The highest BCUT2D eigenvalue weighted by Crippen LogP contribution is 2.19. The van der Waals surface area contributed by atoms with E-state index in [0.29, 0.717) is 5.69 Å². The summed E-state index contributed by atoms with van der Waals surface area (Å²) in [6.45, 7) is 6.05. The maximum absolute atomic E-state index is 12.4. The monoisotopic (exact) mass is 368 g/mol. The van der Waals surface area contributed by atoms with Gasteiger partial charge in [0.05, 0.1) is 6.61 Å². The fourth-order valence-electron chi connectivity index (χ4n) is 2.90. The average Bonchev–Trinajstić information content (AvgIpc) is 2.69. The zero-order chi connectivity index (χ0) is 19.2. The number of rotatable bonds is 5. The van der Waals surface area contributed by atoms with Crippen LogP contribution in [0, 0.1) is 0 Å². The molecule has 0 spiro atoms. The number of ether oxygens (including phenoxy) is 1. The van der Waals surface area contributed by atoms with Gasteiger partial charge in [-0.2, -0.15) is 0 Å². The summed E-state index contributed by atoms with van der Waals surface area (Å²) >= 11 is 0. The Morgan fingerprint density at radius 1 is 1.04 bits per heavy atom. The van der Waals surface area contributed by atoms with Crippen molar-refractivity contribution in [3.05, 3.63) is 53.9 Å². The largest absolute Gasteiger partial charge is 0.461 e. The molecule has 27 heavy (non-hydrogen) atoms. The number of amides is 1. The van der Waals surface area contributed by atoms with Crippen molar-refractivity contribution < 1.29 is 14.3 Å². The summed E-state index contributed by atoms with van der Waals surface area (Å²) in [4.78, 5) is 32.9. The average molecular weight is 368 g/mol. The van der Waals surface area contributed by atoms with Crippen molar-refractivity contribution in [2.45, 2.75) is 6.92 Å². The van der Waals surface area contributed by atoms with Gasteiger partial charge in [-0.05, 0) is 50.4 Å². The summed E-state index contributed by atoms with van der Waals surface area (Å²) in [6, 6.07) is 12.5. The molecule has 0 atom stereocenters. The molecule has 0 aliphatic carbocycles. The lowest BCUT2D eigenvalue weighted by Crippen LogP contribution is -2.44. The van der Waals surface area contributed by atoms with Gasteiger partial charge in [-0.3, -0.25) is 4.79 Å². The third-order valence-electron chi connectivity index (χ3n) is 4.46. The fraction of sp³-hybridized carbons (Fsp3) is 0.350. The minimum Gasteiger partial charge on any atom is -0.461 e. The SMILES string of the molecule is CCOC(=O)c1cccc(C(=O)Nc2ccc(N3CCN(C)CC3)cc2)n1. The molecule has 1 aromatic heterocycles. The number of likely N-dealkylation sites (N-methyl/N-ethyl adjacent to an activating group) is 1. The molecule has 7 heteroatoms. The van der Waals surface area contributed by atoms with Crippen LogP contribution < -0.4 is 10.2 Å². The number of carbonyl (C=O) groups excluding carboxylic acids is 2. The standard InChI is InChI=1S/C20H24N4O3/c1-3-27-20(26)18-6-4-5-17(22-18)19(25)21-15-7-9-16(10-8-15)24-13-11-23(2)12-14-24/h4-10H,3,11-14H2,1-2H3,(H,21,25). The van der Waals surface area contributed by atoms with Crippen LogP contribution in [0.4, 0.5) is 11.4 Å². The van der Waals surface area contributed by atoms with E-state index in [9.17, 15) is 9.59 Å². The van der Waals surface area contributed by atoms with Crippen molar-refractivity contribution in [3.8, 4) is 0 Å². The van der Waals surface area contributed by atoms with Crippen LogP contribution in [-0.4, -0.2) is 61.6 Å². The van der Waals surface area contributed by atoms with Crippen molar-refractivity contribution in [1.82, 2.24) is 9.88 Å². The van der Waals surface area contributed by atoms with E-state index in [1.54, 1.807) is 19.1 Å². The van der Waals surface area contributed by atoms with Crippen LogP contribution in [0.1, 0.15) is 27.9 Å². The molecule has 3 rings (SSSR count). The Kier molecular flexibility index (Phi) is 6.03. The van der Waals surface area contributed by atoms with Gasteiger partial charge in [0, 0.05) is 37.6 Å². The predicted octanol–water partition coefficient (Wildman–Crippen LogP) is 2.26. The van der Waals surface area contributed by atoms with Gasteiger partial charge in [0.2, 0.25) is 0 Å². The number of piperazine rings is 1. The highest BCUT2D eigenvalue weighted by atomic mass is 16.5. The van der Waals surface area contributed by atoms with Gasteiger partial charge in [-0.15, -0.1) is 0 Å². The van der Waals surface area contributed by atoms with E-state index < -0.39 is 5.97 Å². The Morgan fingerprint density at radius 2 is 1.70 bits per heavy atom. The molecule has 7 nitrogen and oxygen atoms in total. The summed E-state index contributed by atoms with van der Waals surface area (Å²) < 4.78 is 4.92. The topological polar surface area (TPSA) is 74.8 Å². The van der Waals surface area contributed by atoms with Crippen molar-refractivity contribution in [1.29, 1.82) is 0 Å². The molecule has 1 fully saturated rings. The van der Waals surface area contributed by atoms with Crippen LogP contribution in [-0.2, 0) is 4.74 Å². The number of esters is 1. The fourth-order valence-corrected chi connectivity index (χ4v) is 2.90. The Balaban J connectivity index is 1.64. The predicted molar refractivity (Wildman–Crippen MR) is 104 cm³/mol. The first-order valence-corrected chi connectivity index (χ1v) is 9.06. The van der Waals surface area contributed by atoms with Crippen molar-refractivity contribution in [2.24, 2.45) is 0 Å². The lowest BCUT2D eigenvalue weighted by atomic mass is 10.2. The van der Waals surface area contributed by atoms with Crippen LogP contribution in [0.5, 0.6) is 0 Å². The number of hydrogen-bond acceptors (Lipinski definition) is 6. The van der Waals surface area contributed by atoms with Gasteiger partial charge >= 0.3 is 5.97 Å². The third-order valence-corrected chi connectivity index (χ3v) is 4.46. The van der Waals surface area contributed by atoms with Gasteiger partial charge < -0.3 is 19.9 Å². The van der Waals surface area contributed by atoms with E-state index >= 15 is 0 Å². The Labute approximate surface area is 158 Å². The summed E-state index contributed by atoms with van der Waals surface area (Å²) in [5.74, 6) is -0.905. The zero-order valence-electron chi connectivity index (χ0n) is 15.6. The molecule has 1 aliphatic heterocycles. The van der Waals surface area contributed by atoms with E-state index in [1.807, 2.05) is 24.3 Å². The quantitative estimate of drug-likeness (QED) is 0.816. The number of aromatic nitrogens is 1. The molecular formula is C20H24N4O3. The maximum Gasteiger partial charge on any atom is 0.356 e. The van der Waals surface area contributed by atoms with E-state index in [2.05, 4.69) is 27.1 Å². The maximum atomic E-state index is 12.4. The van der Waals surface area contributed by atoms with Gasteiger partial charge in [-0.25, -0.2) is 9.78 Å².